The molecule has 38 heavy (non-hydrogen) atoms. The second kappa shape index (κ2) is 13.3. The number of benzene rings is 3. The Kier molecular flexibility index (Phi) is 9.83. The van der Waals surface area contributed by atoms with Crippen molar-refractivity contribution in [3.05, 3.63) is 77.9 Å². The molecule has 1 aromatic heterocycles. The maximum atomic E-state index is 13.9. The summed E-state index contributed by atoms with van der Waals surface area (Å²) >= 11 is 1.61. The number of likely N-dealkylation sites (tertiary alicyclic amines) is 1. The molecule has 0 radical (unpaired) electrons. The first-order chi connectivity index (χ1) is 18.2. The number of nitrogens with one attached hydrogen (secondary N) is 1. The molecule has 5 nitrogen and oxygen atoms in total. The number of carbonyl (C=O) groups excluding carboxylic acids is 1. The Bertz CT molecular complexity index is 1350. The molecule has 1 aliphatic heterocycles. The van der Waals surface area contributed by atoms with E-state index in [1.165, 1.54) is 32.4 Å². The molecule has 4 aromatic rings. The fourth-order valence-electron chi connectivity index (χ4n) is 4.97. The molecule has 0 unspecified atom stereocenters. The Hall–Kier alpha value is -2.87. The van der Waals surface area contributed by atoms with Gasteiger partial charge in [0.1, 0.15) is 30.4 Å². The van der Waals surface area contributed by atoms with Crippen molar-refractivity contribution in [2.45, 2.75) is 26.2 Å². The van der Waals surface area contributed by atoms with E-state index in [4.69, 9.17) is 14.2 Å². The molecule has 0 amide bonds. The number of rotatable bonds is 10. The van der Waals surface area contributed by atoms with Crippen LogP contribution in [-0.4, -0.2) is 45.7 Å². The number of ether oxygens (including phenoxy) is 3. The van der Waals surface area contributed by atoms with Gasteiger partial charge in [-0.2, -0.15) is 0 Å². The van der Waals surface area contributed by atoms with E-state index in [2.05, 4.69) is 0 Å². The molecular formula is C31H34BrNO4S. The van der Waals surface area contributed by atoms with Crippen molar-refractivity contribution in [1.29, 1.82) is 0 Å². The summed E-state index contributed by atoms with van der Waals surface area (Å²) in [5.74, 6) is 2.41. The summed E-state index contributed by atoms with van der Waals surface area (Å²) in [5.41, 5.74) is 2.36. The van der Waals surface area contributed by atoms with Crippen molar-refractivity contribution in [3.8, 4) is 27.7 Å². The number of quaternary nitrogens is 1. The van der Waals surface area contributed by atoms with Gasteiger partial charge < -0.3 is 36.1 Å². The second-order valence-corrected chi connectivity index (χ2v) is 10.4. The number of methoxy groups -OCH3 is 1. The highest BCUT2D eigenvalue weighted by atomic mass is 79.9. The minimum Gasteiger partial charge on any atom is -1.00 e. The number of halogens is 1. The number of hydrogen-bond donors (Lipinski definition) is 1. The topological polar surface area (TPSA) is 49.2 Å². The first-order valence-corrected chi connectivity index (χ1v) is 13.9. The quantitative estimate of drug-likeness (QED) is 0.286. The van der Waals surface area contributed by atoms with Crippen molar-refractivity contribution in [2.24, 2.45) is 0 Å². The lowest BCUT2D eigenvalue weighted by molar-refractivity contribution is -0.904. The van der Waals surface area contributed by atoms with Gasteiger partial charge in [0.2, 0.25) is 0 Å². The zero-order valence-corrected chi connectivity index (χ0v) is 24.3. The van der Waals surface area contributed by atoms with Gasteiger partial charge >= 0.3 is 0 Å². The van der Waals surface area contributed by atoms with Gasteiger partial charge in [-0.1, -0.05) is 0 Å². The fourth-order valence-corrected chi connectivity index (χ4v) is 6.20. The molecule has 200 valence electrons. The van der Waals surface area contributed by atoms with E-state index in [-0.39, 0.29) is 22.8 Å². The zero-order chi connectivity index (χ0) is 25.6. The van der Waals surface area contributed by atoms with Gasteiger partial charge in [-0.25, -0.2) is 0 Å². The Morgan fingerprint density at radius 1 is 0.868 bits per heavy atom. The zero-order valence-electron chi connectivity index (χ0n) is 21.9. The molecule has 7 heteroatoms. The summed E-state index contributed by atoms with van der Waals surface area (Å²) in [6.07, 6.45) is 3.98. The first-order valence-electron chi connectivity index (χ1n) is 13.1. The number of piperidine rings is 1. The van der Waals surface area contributed by atoms with E-state index < -0.39 is 0 Å². The van der Waals surface area contributed by atoms with Crippen molar-refractivity contribution >= 4 is 27.2 Å². The number of ketones is 1. The van der Waals surface area contributed by atoms with Crippen LogP contribution in [0.25, 0.3) is 20.5 Å². The summed E-state index contributed by atoms with van der Waals surface area (Å²) in [4.78, 5) is 16.5. The van der Waals surface area contributed by atoms with Crippen LogP contribution < -0.4 is 36.1 Å². The predicted octanol–water partition coefficient (Wildman–Crippen LogP) is 2.66. The molecule has 1 saturated heterocycles. The maximum absolute atomic E-state index is 13.9. The van der Waals surface area contributed by atoms with E-state index in [0.717, 1.165) is 49.9 Å². The Balaban J connectivity index is 0.00000336. The van der Waals surface area contributed by atoms with E-state index in [1.54, 1.807) is 23.3 Å². The lowest BCUT2D eigenvalue weighted by Gasteiger charge is -2.23. The SMILES string of the molecule is CCOc1ccc2c(C(=O)c3ccc(OCC[NH+]4CCCCC4)cc3)c(-c3ccc(OC)cc3)sc2c1.[Br-]. The van der Waals surface area contributed by atoms with Crippen LogP contribution in [-0.2, 0) is 0 Å². The van der Waals surface area contributed by atoms with Crippen LogP contribution in [0.2, 0.25) is 0 Å². The normalized spacial score (nSPS) is 13.6. The van der Waals surface area contributed by atoms with Gasteiger partial charge in [-0.3, -0.25) is 4.79 Å². The highest BCUT2D eigenvalue weighted by molar-refractivity contribution is 7.22. The van der Waals surface area contributed by atoms with Crippen molar-refractivity contribution < 1.29 is 40.9 Å². The lowest BCUT2D eigenvalue weighted by Crippen LogP contribution is -3.13. The van der Waals surface area contributed by atoms with Crippen LogP contribution in [0.5, 0.6) is 17.2 Å². The average molecular weight is 597 g/mol. The minimum atomic E-state index is 0. The number of carbonyl (C=O) groups is 1. The Morgan fingerprint density at radius 3 is 2.24 bits per heavy atom. The monoisotopic (exact) mass is 595 g/mol. The third-order valence-corrected chi connectivity index (χ3v) is 8.15. The molecule has 0 bridgehead atoms. The van der Waals surface area contributed by atoms with Crippen molar-refractivity contribution in [2.75, 3.05) is 40.0 Å². The van der Waals surface area contributed by atoms with Gasteiger partial charge in [0.05, 0.1) is 26.8 Å². The summed E-state index contributed by atoms with van der Waals surface area (Å²) in [7, 11) is 1.65. The standard InChI is InChI=1S/C31H33NO4S.BrH/c1-3-35-26-15-16-27-28(21-26)37-31(23-9-11-24(34-2)12-10-23)29(27)30(33)22-7-13-25(14-8-22)36-20-19-32-17-5-4-6-18-32;/h7-16,21H,3-6,17-20H2,1-2H3;1H. The minimum absolute atomic E-state index is 0. The number of hydrogen-bond acceptors (Lipinski definition) is 5. The molecule has 0 aliphatic carbocycles. The molecule has 2 heterocycles. The summed E-state index contributed by atoms with van der Waals surface area (Å²) in [6.45, 7) is 6.78. The average Bonchev–Trinajstić information content (AvgIpc) is 3.32. The second-order valence-electron chi connectivity index (χ2n) is 9.39. The van der Waals surface area contributed by atoms with Crippen LogP contribution in [0.1, 0.15) is 42.1 Å². The van der Waals surface area contributed by atoms with Crippen molar-refractivity contribution in [3.63, 3.8) is 0 Å². The molecule has 3 aromatic carbocycles. The van der Waals surface area contributed by atoms with E-state index in [1.807, 2.05) is 73.7 Å². The highest BCUT2D eigenvalue weighted by Gasteiger charge is 2.22. The first kappa shape index (κ1) is 28.1. The van der Waals surface area contributed by atoms with E-state index >= 15 is 0 Å². The van der Waals surface area contributed by atoms with Crippen LogP contribution >= 0.6 is 11.3 Å². The van der Waals surface area contributed by atoms with Gasteiger partial charge in [0.15, 0.2) is 5.78 Å². The fraction of sp³-hybridized carbons (Fsp3) is 0.323. The molecule has 5 rings (SSSR count). The Labute approximate surface area is 239 Å². The van der Waals surface area contributed by atoms with Crippen LogP contribution in [0.15, 0.2) is 66.7 Å². The third-order valence-electron chi connectivity index (χ3n) is 6.95. The molecule has 0 atom stereocenters. The van der Waals surface area contributed by atoms with Gasteiger partial charge in [-0.05, 0) is 98.5 Å². The number of thiophene rings is 1. The molecule has 1 aliphatic rings. The summed E-state index contributed by atoms with van der Waals surface area (Å²) in [6, 6.07) is 21.4. The van der Waals surface area contributed by atoms with Gasteiger partial charge in [0.25, 0.3) is 0 Å². The van der Waals surface area contributed by atoms with Gasteiger partial charge in [0, 0.05) is 26.1 Å². The summed E-state index contributed by atoms with van der Waals surface area (Å²) in [5, 5.41) is 0.939. The smallest absolute Gasteiger partial charge is 0.195 e. The third kappa shape index (κ3) is 6.40. The number of fused-ring (bicyclic) bond motifs is 1. The molecular weight excluding hydrogens is 562 g/mol. The Morgan fingerprint density at radius 2 is 1.55 bits per heavy atom. The predicted molar refractivity (Wildman–Crippen MR) is 150 cm³/mol. The van der Waals surface area contributed by atoms with Crippen LogP contribution in [0.3, 0.4) is 0 Å². The van der Waals surface area contributed by atoms with Crippen molar-refractivity contribution in [1.82, 2.24) is 0 Å². The van der Waals surface area contributed by atoms with E-state index in [0.29, 0.717) is 18.8 Å². The van der Waals surface area contributed by atoms with E-state index in [9.17, 15) is 4.79 Å². The molecule has 0 spiro atoms. The van der Waals surface area contributed by atoms with Gasteiger partial charge in [-0.15, -0.1) is 11.3 Å². The molecule has 0 saturated carbocycles. The molecule has 1 N–H and O–H groups in total. The summed E-state index contributed by atoms with van der Waals surface area (Å²) < 4.78 is 18.1. The largest absolute Gasteiger partial charge is 1.00 e. The maximum Gasteiger partial charge on any atom is 0.195 e. The van der Waals surface area contributed by atoms with Crippen LogP contribution in [0.4, 0.5) is 0 Å². The lowest BCUT2D eigenvalue weighted by atomic mass is 9.97. The van der Waals surface area contributed by atoms with Crippen LogP contribution in [0, 0.1) is 0 Å². The molecule has 1 fully saturated rings. The highest BCUT2D eigenvalue weighted by Crippen LogP contribution is 2.41.